The molecule has 0 aliphatic heterocycles. The molecule has 0 atom stereocenters. The summed E-state index contributed by atoms with van der Waals surface area (Å²) >= 11 is 0. The van der Waals surface area contributed by atoms with E-state index in [9.17, 15) is 0 Å². The van der Waals surface area contributed by atoms with Crippen LogP contribution in [0.4, 0.5) is 0 Å². The van der Waals surface area contributed by atoms with Gasteiger partial charge < -0.3 is 23.6 Å². The first-order chi connectivity index (χ1) is 15.3. The Bertz CT molecular complexity index is 372. The summed E-state index contributed by atoms with van der Waals surface area (Å²) in [6.45, 7) is 26.6. The molecule has 0 N–H and O–H groups in total. The maximum absolute atomic E-state index is 6.11. The molecule has 0 amide bonds. The third kappa shape index (κ3) is 12.5. The van der Waals surface area contributed by atoms with E-state index in [2.05, 4.69) is 62.8 Å². The Morgan fingerprint density at radius 2 is 0.781 bits per heavy atom. The van der Waals surface area contributed by atoms with Crippen molar-refractivity contribution in [3.05, 3.63) is 0 Å². The Balaban J connectivity index is 6.31. The van der Waals surface area contributed by atoms with E-state index in [4.69, 9.17) is 8.85 Å². The van der Waals surface area contributed by atoms with Crippen molar-refractivity contribution in [2.45, 2.75) is 92.7 Å². The van der Waals surface area contributed by atoms with Crippen LogP contribution in [-0.4, -0.2) is 96.4 Å². The summed E-state index contributed by atoms with van der Waals surface area (Å²) in [6.07, 6.45) is 7.25. The maximum Gasteiger partial charge on any atom is 0.335 e. The SMILES string of the molecule is CCCN(CCC)CC(CN(CCC)CCC)(CN(CCC)CCC)C[Si](C)(OC)OC. The van der Waals surface area contributed by atoms with Gasteiger partial charge in [0, 0.05) is 45.3 Å². The second kappa shape index (κ2) is 18.4. The first kappa shape index (κ1) is 32.0. The lowest BCUT2D eigenvalue weighted by molar-refractivity contribution is 0.0563. The molecule has 0 radical (unpaired) electrons. The Hall–Kier alpha value is 0.0169. The topological polar surface area (TPSA) is 28.2 Å². The average Bonchev–Trinajstić information content (AvgIpc) is 2.74. The number of hydrogen-bond acceptors (Lipinski definition) is 5. The molecule has 194 valence electrons. The first-order valence-electron chi connectivity index (χ1n) is 13.6. The van der Waals surface area contributed by atoms with E-state index < -0.39 is 8.56 Å². The van der Waals surface area contributed by atoms with Crippen LogP contribution in [0.5, 0.6) is 0 Å². The Morgan fingerprint density at radius 3 is 0.969 bits per heavy atom. The van der Waals surface area contributed by atoms with E-state index >= 15 is 0 Å². The molecule has 0 fully saturated rings. The standard InChI is InChI=1S/C26H59N3O2Si/c1-10-16-27(17-11-2)22-26(25-32(9,30-7)31-8,23-28(18-12-3)19-13-4)24-29(20-14-5)21-15-6/h10-25H2,1-9H3. The van der Waals surface area contributed by atoms with Gasteiger partial charge in [0.1, 0.15) is 0 Å². The molecule has 0 aliphatic rings. The van der Waals surface area contributed by atoms with Crippen molar-refractivity contribution in [2.24, 2.45) is 5.41 Å². The van der Waals surface area contributed by atoms with Gasteiger partial charge in [-0.25, -0.2) is 0 Å². The van der Waals surface area contributed by atoms with E-state index in [1.165, 1.54) is 77.8 Å². The average molecular weight is 474 g/mol. The van der Waals surface area contributed by atoms with Crippen LogP contribution >= 0.6 is 0 Å². The lowest BCUT2D eigenvalue weighted by atomic mass is 9.87. The highest BCUT2D eigenvalue weighted by Crippen LogP contribution is 2.34. The number of hydrogen-bond donors (Lipinski definition) is 0. The molecule has 0 aromatic rings. The molecular formula is C26H59N3O2Si. The number of rotatable bonds is 22. The van der Waals surface area contributed by atoms with Gasteiger partial charge in [-0.1, -0.05) is 41.5 Å². The van der Waals surface area contributed by atoms with Crippen molar-refractivity contribution in [1.82, 2.24) is 14.7 Å². The highest BCUT2D eigenvalue weighted by Gasteiger charge is 2.44. The fraction of sp³-hybridized carbons (Fsp3) is 1.00. The van der Waals surface area contributed by atoms with Crippen LogP contribution < -0.4 is 0 Å². The maximum atomic E-state index is 6.11. The molecule has 32 heavy (non-hydrogen) atoms. The second-order valence-corrected chi connectivity index (χ2v) is 13.5. The minimum atomic E-state index is -2.25. The molecule has 0 spiro atoms. The number of nitrogens with zero attached hydrogens (tertiary/aromatic N) is 3. The summed E-state index contributed by atoms with van der Waals surface area (Å²) in [5.74, 6) is 0. The van der Waals surface area contributed by atoms with E-state index in [0.29, 0.717) is 0 Å². The summed E-state index contributed by atoms with van der Waals surface area (Å²) in [6, 6.07) is 1.05. The Kier molecular flexibility index (Phi) is 18.4. The van der Waals surface area contributed by atoms with Crippen LogP contribution in [0.25, 0.3) is 0 Å². The van der Waals surface area contributed by atoms with Gasteiger partial charge in [-0.05, 0) is 84.3 Å². The molecule has 0 bridgehead atoms. The molecule has 0 aromatic carbocycles. The van der Waals surface area contributed by atoms with Crippen molar-refractivity contribution in [3.8, 4) is 0 Å². The molecule has 0 rings (SSSR count). The smallest absolute Gasteiger partial charge is 0.335 e. The van der Waals surface area contributed by atoms with Crippen LogP contribution in [0.1, 0.15) is 80.1 Å². The van der Waals surface area contributed by atoms with Crippen LogP contribution in [0, 0.1) is 5.41 Å². The van der Waals surface area contributed by atoms with Crippen LogP contribution in [-0.2, 0) is 8.85 Å². The predicted octanol–water partition coefficient (Wildman–Crippen LogP) is 5.70. The lowest BCUT2D eigenvalue weighted by Crippen LogP contribution is -2.56. The van der Waals surface area contributed by atoms with E-state index in [1.807, 2.05) is 14.2 Å². The van der Waals surface area contributed by atoms with E-state index in [1.54, 1.807) is 0 Å². The summed E-state index contributed by atoms with van der Waals surface area (Å²) in [5, 5.41) is 0. The van der Waals surface area contributed by atoms with Crippen LogP contribution in [0.3, 0.4) is 0 Å². The molecule has 0 saturated carbocycles. The molecule has 0 aliphatic carbocycles. The largest absolute Gasteiger partial charge is 0.398 e. The molecule has 0 saturated heterocycles. The second-order valence-electron chi connectivity index (χ2n) is 10.0. The normalized spacial score (nSPS) is 13.1. The van der Waals surface area contributed by atoms with Gasteiger partial charge in [0.15, 0.2) is 0 Å². The molecular weight excluding hydrogens is 414 g/mol. The van der Waals surface area contributed by atoms with Gasteiger partial charge in [0.2, 0.25) is 0 Å². The van der Waals surface area contributed by atoms with Gasteiger partial charge in [-0.2, -0.15) is 0 Å². The van der Waals surface area contributed by atoms with Crippen molar-refractivity contribution < 1.29 is 8.85 Å². The zero-order valence-corrected chi connectivity index (χ0v) is 24.5. The van der Waals surface area contributed by atoms with Gasteiger partial charge >= 0.3 is 8.56 Å². The van der Waals surface area contributed by atoms with Crippen molar-refractivity contribution >= 4 is 8.56 Å². The molecule has 0 unspecified atom stereocenters. The third-order valence-corrected chi connectivity index (χ3v) is 9.60. The van der Waals surface area contributed by atoms with Crippen molar-refractivity contribution in [3.63, 3.8) is 0 Å². The molecule has 0 heterocycles. The van der Waals surface area contributed by atoms with E-state index in [0.717, 1.165) is 25.7 Å². The highest BCUT2D eigenvalue weighted by atomic mass is 28.4. The van der Waals surface area contributed by atoms with Gasteiger partial charge in [-0.15, -0.1) is 0 Å². The quantitative estimate of drug-likeness (QED) is 0.188. The van der Waals surface area contributed by atoms with E-state index in [-0.39, 0.29) is 5.41 Å². The summed E-state index contributed by atoms with van der Waals surface area (Å²) < 4.78 is 12.2. The first-order valence-corrected chi connectivity index (χ1v) is 16.1. The summed E-state index contributed by atoms with van der Waals surface area (Å²) in [5.41, 5.74) is 0.145. The fourth-order valence-electron chi connectivity index (χ4n) is 5.36. The highest BCUT2D eigenvalue weighted by molar-refractivity contribution is 6.66. The lowest BCUT2D eigenvalue weighted by Gasteiger charge is -2.47. The summed E-state index contributed by atoms with van der Waals surface area (Å²) in [4.78, 5) is 8.19. The van der Waals surface area contributed by atoms with Crippen LogP contribution in [0.15, 0.2) is 0 Å². The fourth-order valence-corrected chi connectivity index (χ4v) is 7.51. The van der Waals surface area contributed by atoms with Crippen molar-refractivity contribution in [1.29, 1.82) is 0 Å². The molecule has 0 aromatic heterocycles. The van der Waals surface area contributed by atoms with Crippen LogP contribution in [0.2, 0.25) is 12.6 Å². The minimum absolute atomic E-state index is 0.145. The third-order valence-electron chi connectivity index (χ3n) is 6.48. The van der Waals surface area contributed by atoms with Gasteiger partial charge in [0.25, 0.3) is 0 Å². The van der Waals surface area contributed by atoms with Crippen molar-refractivity contribution in [2.75, 3.05) is 73.1 Å². The van der Waals surface area contributed by atoms with Gasteiger partial charge in [-0.3, -0.25) is 0 Å². The van der Waals surface area contributed by atoms with Gasteiger partial charge in [0.05, 0.1) is 0 Å². The Labute approximate surface area is 203 Å². The summed E-state index contributed by atoms with van der Waals surface area (Å²) in [7, 11) is 1.48. The predicted molar refractivity (Wildman–Crippen MR) is 144 cm³/mol. The molecule has 5 nitrogen and oxygen atoms in total. The minimum Gasteiger partial charge on any atom is -0.398 e. The monoisotopic (exact) mass is 473 g/mol. The molecule has 6 heteroatoms. The zero-order chi connectivity index (χ0) is 24.5. The zero-order valence-electron chi connectivity index (χ0n) is 23.5. The Morgan fingerprint density at radius 1 is 0.531 bits per heavy atom.